The molecule has 0 saturated carbocycles. The predicted molar refractivity (Wildman–Crippen MR) is 72.6 cm³/mol. The van der Waals surface area contributed by atoms with Gasteiger partial charge in [0.05, 0.1) is 5.56 Å². The highest BCUT2D eigenvalue weighted by Gasteiger charge is 2.41. The third-order valence-corrected chi connectivity index (χ3v) is 5.01. The molecule has 0 radical (unpaired) electrons. The predicted octanol–water partition coefficient (Wildman–Crippen LogP) is 0.746. The number of sulfonamides is 1. The minimum Gasteiger partial charge on any atom is -0.352 e. The molecule has 1 atom stereocenters. The zero-order valence-corrected chi connectivity index (χ0v) is 12.1. The summed E-state index contributed by atoms with van der Waals surface area (Å²) in [7, 11) is -3.91. The molecule has 0 aliphatic carbocycles. The number of nitrogens with zero attached hydrogens (tertiary/aromatic N) is 1. The second kappa shape index (κ2) is 5.24. The van der Waals surface area contributed by atoms with Crippen molar-refractivity contribution in [3.05, 3.63) is 29.8 Å². The van der Waals surface area contributed by atoms with Crippen molar-refractivity contribution in [2.45, 2.75) is 31.2 Å². The second-order valence-corrected chi connectivity index (χ2v) is 6.52. The van der Waals surface area contributed by atoms with Crippen LogP contribution in [0.5, 0.6) is 0 Å². The average Bonchev–Trinajstić information content (AvgIpc) is 2.60. The van der Waals surface area contributed by atoms with Crippen LogP contribution in [0.15, 0.2) is 29.2 Å². The lowest BCUT2D eigenvalue weighted by Crippen LogP contribution is -2.43. The summed E-state index contributed by atoms with van der Waals surface area (Å²) in [6.07, 6.45) is 0.729. The maximum absolute atomic E-state index is 12.2. The molecule has 1 aliphatic heterocycles. The first-order valence-electron chi connectivity index (χ1n) is 6.33. The van der Waals surface area contributed by atoms with Gasteiger partial charge in [-0.15, -0.1) is 0 Å². The summed E-state index contributed by atoms with van der Waals surface area (Å²) >= 11 is 0. The highest BCUT2D eigenvalue weighted by atomic mass is 32.2. The molecular formula is C13H16N2O4S. The fraction of sp³-hybridized carbons (Fsp3) is 0.385. The Bertz CT molecular complexity index is 654. The topological polar surface area (TPSA) is 83.6 Å². The number of carbonyl (C=O) groups excluding carboxylic acids is 2. The van der Waals surface area contributed by atoms with Gasteiger partial charge in [0.2, 0.25) is 5.91 Å². The minimum absolute atomic E-state index is 0.0404. The fourth-order valence-corrected chi connectivity index (χ4v) is 3.47. The first kappa shape index (κ1) is 14.5. The summed E-state index contributed by atoms with van der Waals surface area (Å²) in [5.74, 6) is -1.14. The first-order chi connectivity index (χ1) is 9.37. The zero-order chi connectivity index (χ0) is 14.9. The van der Waals surface area contributed by atoms with E-state index in [1.165, 1.54) is 12.1 Å². The number of amides is 2. The number of hydrogen-bond donors (Lipinski definition) is 1. The normalized spacial score (nSPS) is 17.7. The number of carbonyl (C=O) groups is 2. The third kappa shape index (κ3) is 2.40. The van der Waals surface area contributed by atoms with Gasteiger partial charge in [0.1, 0.15) is 11.4 Å². The lowest BCUT2D eigenvalue weighted by atomic mass is 10.2. The van der Waals surface area contributed by atoms with Crippen LogP contribution < -0.4 is 5.32 Å². The van der Waals surface area contributed by atoms with E-state index in [1.54, 1.807) is 12.1 Å². The van der Waals surface area contributed by atoms with E-state index in [0.717, 1.165) is 6.42 Å². The third-order valence-electron chi connectivity index (χ3n) is 3.22. The van der Waals surface area contributed by atoms with Crippen LogP contribution in [0, 0.1) is 0 Å². The van der Waals surface area contributed by atoms with Crippen molar-refractivity contribution in [3.63, 3.8) is 0 Å². The standard InChI is InChI=1S/C13H16N2O4S/c1-3-9(2)14-12(16)8-15-13(17)10-6-4-5-7-11(10)20(15,18)19/h4-7,9H,3,8H2,1-2H3,(H,14,16)/t9-/m0/s1. The maximum Gasteiger partial charge on any atom is 0.269 e. The van der Waals surface area contributed by atoms with Crippen LogP contribution >= 0.6 is 0 Å². The Hall–Kier alpha value is -1.89. The molecule has 0 unspecified atom stereocenters. The van der Waals surface area contributed by atoms with Crippen LogP contribution in [0.25, 0.3) is 0 Å². The number of nitrogens with one attached hydrogen (secondary N) is 1. The van der Waals surface area contributed by atoms with E-state index in [-0.39, 0.29) is 16.5 Å². The molecular weight excluding hydrogens is 280 g/mol. The molecule has 2 rings (SSSR count). The van der Waals surface area contributed by atoms with Crippen molar-refractivity contribution in [1.82, 2.24) is 9.62 Å². The number of benzene rings is 1. The van der Waals surface area contributed by atoms with Crippen LogP contribution in [-0.2, 0) is 14.8 Å². The van der Waals surface area contributed by atoms with Crippen molar-refractivity contribution in [2.75, 3.05) is 6.54 Å². The highest BCUT2D eigenvalue weighted by Crippen LogP contribution is 2.29. The van der Waals surface area contributed by atoms with Crippen LogP contribution in [-0.4, -0.2) is 37.1 Å². The molecule has 7 heteroatoms. The molecule has 1 heterocycles. The smallest absolute Gasteiger partial charge is 0.269 e. The molecule has 0 aromatic heterocycles. The van der Waals surface area contributed by atoms with Gasteiger partial charge in [0.25, 0.3) is 15.9 Å². The minimum atomic E-state index is -3.91. The summed E-state index contributed by atoms with van der Waals surface area (Å²) in [4.78, 5) is 23.8. The lowest BCUT2D eigenvalue weighted by molar-refractivity contribution is -0.121. The largest absolute Gasteiger partial charge is 0.352 e. The quantitative estimate of drug-likeness (QED) is 0.888. The molecule has 6 nitrogen and oxygen atoms in total. The molecule has 1 aromatic carbocycles. The van der Waals surface area contributed by atoms with Crippen molar-refractivity contribution in [3.8, 4) is 0 Å². The van der Waals surface area contributed by atoms with Crippen LogP contribution in [0.4, 0.5) is 0 Å². The number of hydrogen-bond acceptors (Lipinski definition) is 4. The summed E-state index contributed by atoms with van der Waals surface area (Å²) in [5, 5.41) is 2.64. The summed E-state index contributed by atoms with van der Waals surface area (Å²) in [5.41, 5.74) is 0.115. The van der Waals surface area contributed by atoms with Gasteiger partial charge in [0.15, 0.2) is 0 Å². The molecule has 1 aliphatic rings. The molecule has 0 spiro atoms. The maximum atomic E-state index is 12.2. The Labute approximate surface area is 117 Å². The van der Waals surface area contributed by atoms with E-state index in [9.17, 15) is 18.0 Å². The lowest BCUT2D eigenvalue weighted by Gasteiger charge is -2.17. The Balaban J connectivity index is 2.24. The molecule has 2 amide bonds. The van der Waals surface area contributed by atoms with Crippen molar-refractivity contribution in [1.29, 1.82) is 0 Å². The van der Waals surface area contributed by atoms with E-state index in [4.69, 9.17) is 0 Å². The van der Waals surface area contributed by atoms with Gasteiger partial charge in [-0.05, 0) is 25.5 Å². The van der Waals surface area contributed by atoms with E-state index in [2.05, 4.69) is 5.32 Å². The molecule has 0 saturated heterocycles. The Kier molecular flexibility index (Phi) is 3.80. The van der Waals surface area contributed by atoms with Gasteiger partial charge < -0.3 is 5.32 Å². The molecule has 1 N–H and O–H groups in total. The van der Waals surface area contributed by atoms with E-state index < -0.39 is 28.4 Å². The van der Waals surface area contributed by atoms with Gasteiger partial charge in [0, 0.05) is 6.04 Å². The summed E-state index contributed by atoms with van der Waals surface area (Å²) < 4.78 is 25.0. The fourth-order valence-electron chi connectivity index (χ4n) is 1.94. The van der Waals surface area contributed by atoms with E-state index in [0.29, 0.717) is 4.31 Å². The van der Waals surface area contributed by atoms with Crippen molar-refractivity contribution in [2.24, 2.45) is 0 Å². The number of fused-ring (bicyclic) bond motifs is 1. The zero-order valence-electron chi connectivity index (χ0n) is 11.3. The average molecular weight is 296 g/mol. The SMILES string of the molecule is CC[C@H](C)NC(=O)CN1C(=O)c2ccccc2S1(=O)=O. The Morgan fingerprint density at radius 2 is 2.00 bits per heavy atom. The van der Waals surface area contributed by atoms with Crippen LogP contribution in [0.3, 0.4) is 0 Å². The second-order valence-electron chi connectivity index (χ2n) is 4.69. The summed E-state index contributed by atoms with van der Waals surface area (Å²) in [6, 6.07) is 5.89. The summed E-state index contributed by atoms with van der Waals surface area (Å²) in [6.45, 7) is 3.23. The molecule has 20 heavy (non-hydrogen) atoms. The molecule has 108 valence electrons. The van der Waals surface area contributed by atoms with Crippen LogP contribution in [0.2, 0.25) is 0 Å². The molecule has 1 aromatic rings. The molecule has 0 fully saturated rings. The monoisotopic (exact) mass is 296 g/mol. The van der Waals surface area contributed by atoms with Gasteiger partial charge in [-0.25, -0.2) is 12.7 Å². The highest BCUT2D eigenvalue weighted by molar-refractivity contribution is 7.90. The Morgan fingerprint density at radius 1 is 1.35 bits per heavy atom. The van der Waals surface area contributed by atoms with Crippen molar-refractivity contribution >= 4 is 21.8 Å². The van der Waals surface area contributed by atoms with E-state index in [1.807, 2.05) is 13.8 Å². The van der Waals surface area contributed by atoms with Gasteiger partial charge in [-0.1, -0.05) is 19.1 Å². The van der Waals surface area contributed by atoms with Gasteiger partial charge in [-0.3, -0.25) is 9.59 Å². The number of rotatable bonds is 4. The van der Waals surface area contributed by atoms with Gasteiger partial charge >= 0.3 is 0 Å². The van der Waals surface area contributed by atoms with E-state index >= 15 is 0 Å². The Morgan fingerprint density at radius 3 is 2.60 bits per heavy atom. The van der Waals surface area contributed by atoms with Gasteiger partial charge in [-0.2, -0.15) is 0 Å². The first-order valence-corrected chi connectivity index (χ1v) is 7.77. The van der Waals surface area contributed by atoms with Crippen molar-refractivity contribution < 1.29 is 18.0 Å². The molecule has 0 bridgehead atoms. The van der Waals surface area contributed by atoms with Crippen LogP contribution in [0.1, 0.15) is 30.6 Å².